The molecule has 0 unspecified atom stereocenters. The minimum Gasteiger partial charge on any atom is -0.303 e. The summed E-state index contributed by atoms with van der Waals surface area (Å²) >= 11 is 0. The van der Waals surface area contributed by atoms with E-state index >= 15 is 0 Å². The van der Waals surface area contributed by atoms with E-state index in [1.54, 1.807) is 0 Å². The minimum absolute atomic E-state index is 0.131. The molecule has 0 radical (unpaired) electrons. The van der Waals surface area contributed by atoms with E-state index in [-0.39, 0.29) is 11.3 Å². The third kappa shape index (κ3) is 3.07. The summed E-state index contributed by atoms with van der Waals surface area (Å²) in [4.78, 5) is 11.2. The van der Waals surface area contributed by atoms with E-state index in [9.17, 15) is 4.79 Å². The molecule has 1 aliphatic carbocycles. The molecule has 0 bridgehead atoms. The number of rotatable bonds is 4. The van der Waals surface area contributed by atoms with E-state index < -0.39 is 0 Å². The van der Waals surface area contributed by atoms with Crippen LogP contribution in [0.2, 0.25) is 0 Å². The van der Waals surface area contributed by atoms with Crippen LogP contribution >= 0.6 is 0 Å². The Bertz CT molecular complexity index is 307. The van der Waals surface area contributed by atoms with E-state index in [2.05, 4.69) is 39.8 Å². The molecule has 0 N–H and O–H groups in total. The lowest BCUT2D eigenvalue weighted by atomic mass is 9.65. The van der Waals surface area contributed by atoms with Crippen molar-refractivity contribution in [3.8, 4) is 0 Å². The van der Waals surface area contributed by atoms with Crippen molar-refractivity contribution in [1.29, 1.82) is 0 Å². The van der Waals surface area contributed by atoms with Gasteiger partial charge in [-0.2, -0.15) is 0 Å². The van der Waals surface area contributed by atoms with Gasteiger partial charge in [0.15, 0.2) is 0 Å². The van der Waals surface area contributed by atoms with Crippen molar-refractivity contribution in [2.75, 3.05) is 0 Å². The fraction of sp³-hybridized carbons (Fsp3) is 0.667. The van der Waals surface area contributed by atoms with Crippen molar-refractivity contribution in [1.82, 2.24) is 0 Å². The number of carbonyl (C=O) groups is 1. The zero-order chi connectivity index (χ0) is 12.2. The summed E-state index contributed by atoms with van der Waals surface area (Å²) in [5.74, 6) is 0.131. The van der Waals surface area contributed by atoms with Crippen LogP contribution in [0.4, 0.5) is 0 Å². The van der Waals surface area contributed by atoms with Gasteiger partial charge in [-0.05, 0) is 51.9 Å². The molecule has 1 heteroatoms. The van der Waals surface area contributed by atoms with Crippen molar-refractivity contribution in [2.45, 2.75) is 53.4 Å². The van der Waals surface area contributed by atoms with Gasteiger partial charge < -0.3 is 4.79 Å². The van der Waals surface area contributed by atoms with Crippen molar-refractivity contribution >= 4 is 6.29 Å². The Morgan fingerprint density at radius 3 is 2.81 bits per heavy atom. The smallest absolute Gasteiger partial charge is 0.127 e. The van der Waals surface area contributed by atoms with Gasteiger partial charge in [0.1, 0.15) is 6.29 Å². The molecule has 0 heterocycles. The van der Waals surface area contributed by atoms with Crippen LogP contribution in [0.1, 0.15) is 53.4 Å². The maximum absolute atomic E-state index is 11.2. The highest BCUT2D eigenvalue weighted by Gasteiger charge is 2.35. The van der Waals surface area contributed by atoms with Gasteiger partial charge in [-0.1, -0.05) is 30.2 Å². The summed E-state index contributed by atoms with van der Waals surface area (Å²) in [7, 11) is 0. The predicted molar refractivity (Wildman–Crippen MR) is 69.3 cm³/mol. The maximum Gasteiger partial charge on any atom is 0.127 e. The lowest BCUT2D eigenvalue weighted by Gasteiger charge is -2.38. The Morgan fingerprint density at radius 1 is 1.56 bits per heavy atom. The number of carbonyl (C=O) groups excluding carboxylic acids is 1. The molecule has 1 aliphatic rings. The normalized spacial score (nSPS) is 29.5. The Morgan fingerprint density at radius 2 is 2.25 bits per heavy atom. The molecule has 1 rings (SSSR count). The van der Waals surface area contributed by atoms with E-state index in [4.69, 9.17) is 0 Å². The number of allylic oxidation sites excluding steroid dienone is 4. The molecule has 0 aromatic carbocycles. The van der Waals surface area contributed by atoms with Crippen molar-refractivity contribution < 1.29 is 4.79 Å². The minimum atomic E-state index is 0.131. The Labute approximate surface area is 99.6 Å². The van der Waals surface area contributed by atoms with Crippen molar-refractivity contribution in [3.05, 3.63) is 23.3 Å². The largest absolute Gasteiger partial charge is 0.303 e. The summed E-state index contributed by atoms with van der Waals surface area (Å²) in [6.07, 6.45) is 10.1. The summed E-state index contributed by atoms with van der Waals surface area (Å²) < 4.78 is 0. The first-order valence-corrected chi connectivity index (χ1v) is 6.25. The van der Waals surface area contributed by atoms with Crippen LogP contribution in [0.3, 0.4) is 0 Å². The molecule has 0 fully saturated rings. The lowest BCUT2D eigenvalue weighted by Crippen LogP contribution is -2.32. The van der Waals surface area contributed by atoms with Crippen LogP contribution in [-0.4, -0.2) is 6.29 Å². The van der Waals surface area contributed by atoms with E-state index in [1.165, 1.54) is 11.1 Å². The van der Waals surface area contributed by atoms with Gasteiger partial charge in [0.05, 0.1) is 0 Å². The van der Waals surface area contributed by atoms with Crippen LogP contribution in [0.25, 0.3) is 0 Å². The molecule has 90 valence electrons. The Kier molecular flexibility index (Phi) is 4.52. The van der Waals surface area contributed by atoms with Crippen molar-refractivity contribution in [3.63, 3.8) is 0 Å². The van der Waals surface area contributed by atoms with Gasteiger partial charge in [-0.15, -0.1) is 0 Å². The van der Waals surface area contributed by atoms with Crippen LogP contribution < -0.4 is 0 Å². The van der Waals surface area contributed by atoms with Crippen LogP contribution in [0.15, 0.2) is 23.3 Å². The quantitative estimate of drug-likeness (QED) is 0.510. The first-order chi connectivity index (χ1) is 7.49. The van der Waals surface area contributed by atoms with Crippen molar-refractivity contribution in [2.24, 2.45) is 11.3 Å². The van der Waals surface area contributed by atoms with Gasteiger partial charge in [0.25, 0.3) is 0 Å². The average Bonchev–Trinajstić information content (AvgIpc) is 2.17. The second-order valence-corrected chi connectivity index (χ2v) is 5.57. The number of hydrogen-bond donors (Lipinski definition) is 0. The molecule has 2 atom stereocenters. The molecular weight excluding hydrogens is 196 g/mol. The number of hydrogen-bond acceptors (Lipinski definition) is 1. The predicted octanol–water partition coefficient (Wildman–Crippen LogP) is 4.29. The average molecular weight is 220 g/mol. The van der Waals surface area contributed by atoms with Crippen LogP contribution in [-0.2, 0) is 4.79 Å². The summed E-state index contributed by atoms with van der Waals surface area (Å²) in [5, 5.41) is 0. The third-order valence-corrected chi connectivity index (χ3v) is 3.83. The molecule has 0 aromatic rings. The van der Waals surface area contributed by atoms with Gasteiger partial charge in [0, 0.05) is 5.92 Å². The molecule has 0 aliphatic heterocycles. The fourth-order valence-corrected chi connectivity index (χ4v) is 2.70. The third-order valence-electron chi connectivity index (χ3n) is 3.83. The molecule has 0 saturated heterocycles. The molecule has 1 nitrogen and oxygen atoms in total. The fourth-order valence-electron chi connectivity index (χ4n) is 2.70. The van der Waals surface area contributed by atoms with Crippen LogP contribution in [0, 0.1) is 11.3 Å². The Hall–Kier alpha value is -0.850. The molecule has 16 heavy (non-hydrogen) atoms. The second-order valence-electron chi connectivity index (χ2n) is 5.57. The highest BCUT2D eigenvalue weighted by Crippen LogP contribution is 2.43. The topological polar surface area (TPSA) is 17.1 Å². The summed E-state index contributed by atoms with van der Waals surface area (Å²) in [6, 6.07) is 0. The molecular formula is C15H24O. The van der Waals surface area contributed by atoms with Gasteiger partial charge in [-0.3, -0.25) is 0 Å². The Balaban J connectivity index is 2.71. The monoisotopic (exact) mass is 220 g/mol. The zero-order valence-electron chi connectivity index (χ0n) is 11.0. The zero-order valence-corrected chi connectivity index (χ0v) is 11.0. The molecule has 0 saturated carbocycles. The first-order valence-electron chi connectivity index (χ1n) is 6.25. The first kappa shape index (κ1) is 13.2. The maximum atomic E-state index is 11.2. The highest BCUT2D eigenvalue weighted by atomic mass is 16.1. The second kappa shape index (κ2) is 5.47. The lowest BCUT2D eigenvalue weighted by molar-refractivity contribution is -0.113. The van der Waals surface area contributed by atoms with E-state index in [1.807, 2.05) is 0 Å². The molecule has 0 amide bonds. The standard InChI is InChI=1S/C15H24O/c1-12(2)7-5-9-15(4)10-6-8-13(3)14(15)11-16/h7-8,11,14H,5-6,9-10H2,1-4H3/t14-,15-/m0/s1. The summed E-state index contributed by atoms with van der Waals surface area (Å²) in [5.41, 5.74) is 2.81. The summed E-state index contributed by atoms with van der Waals surface area (Å²) in [6.45, 7) is 8.62. The SMILES string of the molecule is CC(C)=CCC[C@@]1(C)CCC=C(C)[C@@H]1C=O. The highest BCUT2D eigenvalue weighted by molar-refractivity contribution is 5.60. The van der Waals surface area contributed by atoms with E-state index in [0.717, 1.165) is 32.0 Å². The van der Waals surface area contributed by atoms with Crippen LogP contribution in [0.5, 0.6) is 0 Å². The van der Waals surface area contributed by atoms with Gasteiger partial charge in [0.2, 0.25) is 0 Å². The molecule has 0 aromatic heterocycles. The van der Waals surface area contributed by atoms with Gasteiger partial charge >= 0.3 is 0 Å². The van der Waals surface area contributed by atoms with E-state index in [0.29, 0.717) is 0 Å². The number of aldehydes is 1. The molecule has 0 spiro atoms. The van der Waals surface area contributed by atoms with Gasteiger partial charge in [-0.25, -0.2) is 0 Å².